The van der Waals surface area contributed by atoms with Crippen molar-refractivity contribution in [3.63, 3.8) is 0 Å². The number of amides is 1. The molecule has 2 N–H and O–H groups in total. The monoisotopic (exact) mass is 389 g/mol. The molecule has 1 amide bonds. The number of fused-ring (bicyclic) bond motifs is 1. The van der Waals surface area contributed by atoms with E-state index in [2.05, 4.69) is 34.2 Å². The molecule has 2 heterocycles. The molecule has 0 spiro atoms. The van der Waals surface area contributed by atoms with Gasteiger partial charge in [-0.2, -0.15) is 0 Å². The van der Waals surface area contributed by atoms with Gasteiger partial charge in [-0.3, -0.25) is 14.6 Å². The molecular weight excluding hydrogens is 366 g/mol. The Morgan fingerprint density at radius 1 is 0.966 bits per heavy atom. The maximum absolute atomic E-state index is 13.1. The van der Waals surface area contributed by atoms with E-state index >= 15 is 0 Å². The summed E-state index contributed by atoms with van der Waals surface area (Å²) in [5.74, 6) is 0.0901. The standard InChI is InChI=1S/C23H23N3O3/c27-21(26-12-11-19-20(15-26)24-23(29)25-22(19)28)14-18(17-9-5-2-6-10-17)13-16-7-3-1-4-8-16/h1-10,18H,11-15H2,(H2,24,25,28,29). The van der Waals surface area contributed by atoms with Gasteiger partial charge in [-0.1, -0.05) is 60.7 Å². The van der Waals surface area contributed by atoms with Crippen LogP contribution in [0.25, 0.3) is 0 Å². The highest BCUT2D eigenvalue weighted by Crippen LogP contribution is 2.26. The summed E-state index contributed by atoms with van der Waals surface area (Å²) in [4.78, 5) is 43.3. The molecule has 3 aromatic rings. The normalized spacial score (nSPS) is 14.3. The van der Waals surface area contributed by atoms with Gasteiger partial charge < -0.3 is 9.88 Å². The fourth-order valence-electron chi connectivity index (χ4n) is 3.96. The molecule has 1 aliphatic rings. The van der Waals surface area contributed by atoms with Crippen molar-refractivity contribution in [1.29, 1.82) is 0 Å². The lowest BCUT2D eigenvalue weighted by atomic mass is 9.88. The summed E-state index contributed by atoms with van der Waals surface area (Å²) in [6, 6.07) is 20.2. The molecule has 0 aliphatic carbocycles. The van der Waals surface area contributed by atoms with Crippen molar-refractivity contribution >= 4 is 5.91 Å². The SMILES string of the molecule is O=C(CC(Cc1ccccc1)c1ccccc1)N1CCc2c([nH]c(=O)[nH]c2=O)C1. The lowest BCUT2D eigenvalue weighted by Crippen LogP contribution is -2.41. The first-order chi connectivity index (χ1) is 14.1. The summed E-state index contributed by atoms with van der Waals surface area (Å²) in [6.07, 6.45) is 1.60. The average Bonchev–Trinajstić information content (AvgIpc) is 2.74. The molecule has 1 aliphatic heterocycles. The number of benzene rings is 2. The highest BCUT2D eigenvalue weighted by atomic mass is 16.2. The van der Waals surface area contributed by atoms with Crippen molar-refractivity contribution in [1.82, 2.24) is 14.9 Å². The summed E-state index contributed by atoms with van der Waals surface area (Å²) in [7, 11) is 0. The van der Waals surface area contributed by atoms with Gasteiger partial charge in [-0.05, 0) is 29.9 Å². The van der Waals surface area contributed by atoms with E-state index < -0.39 is 5.69 Å². The second-order valence-electron chi connectivity index (χ2n) is 7.43. The number of aromatic nitrogens is 2. The Bertz CT molecular complexity index is 1100. The molecule has 0 fully saturated rings. The van der Waals surface area contributed by atoms with Gasteiger partial charge in [0.1, 0.15) is 0 Å². The van der Waals surface area contributed by atoms with Crippen LogP contribution in [0.3, 0.4) is 0 Å². The van der Waals surface area contributed by atoms with Gasteiger partial charge in [0.25, 0.3) is 5.56 Å². The second-order valence-corrected chi connectivity index (χ2v) is 7.43. The largest absolute Gasteiger partial charge is 0.337 e. The summed E-state index contributed by atoms with van der Waals surface area (Å²) >= 11 is 0. The third-order valence-electron chi connectivity index (χ3n) is 5.48. The first-order valence-corrected chi connectivity index (χ1v) is 9.81. The van der Waals surface area contributed by atoms with Crippen LogP contribution in [0.2, 0.25) is 0 Å². The average molecular weight is 389 g/mol. The molecule has 0 radical (unpaired) electrons. The van der Waals surface area contributed by atoms with Crippen molar-refractivity contribution in [2.24, 2.45) is 0 Å². The number of carbonyl (C=O) groups excluding carboxylic acids is 1. The van der Waals surface area contributed by atoms with Crippen molar-refractivity contribution in [3.05, 3.63) is 104 Å². The van der Waals surface area contributed by atoms with Crippen LogP contribution in [0.5, 0.6) is 0 Å². The second kappa shape index (κ2) is 8.31. The highest BCUT2D eigenvalue weighted by molar-refractivity contribution is 5.77. The topological polar surface area (TPSA) is 86.0 Å². The minimum atomic E-state index is -0.533. The maximum Gasteiger partial charge on any atom is 0.325 e. The van der Waals surface area contributed by atoms with E-state index in [4.69, 9.17) is 0 Å². The van der Waals surface area contributed by atoms with Crippen molar-refractivity contribution in [2.45, 2.75) is 31.7 Å². The van der Waals surface area contributed by atoms with Crippen LogP contribution in [0.1, 0.15) is 34.7 Å². The fraction of sp³-hybridized carbons (Fsp3) is 0.261. The van der Waals surface area contributed by atoms with E-state index in [1.54, 1.807) is 4.90 Å². The molecule has 2 aromatic carbocycles. The summed E-state index contributed by atoms with van der Waals surface area (Å²) in [5.41, 5.74) is 2.53. The summed E-state index contributed by atoms with van der Waals surface area (Å²) < 4.78 is 0. The molecule has 0 bridgehead atoms. The quantitative estimate of drug-likeness (QED) is 0.702. The van der Waals surface area contributed by atoms with Crippen molar-refractivity contribution in [3.8, 4) is 0 Å². The van der Waals surface area contributed by atoms with Gasteiger partial charge in [0.2, 0.25) is 5.91 Å². The van der Waals surface area contributed by atoms with Gasteiger partial charge in [0.15, 0.2) is 0 Å². The molecular formula is C23H23N3O3. The number of rotatable bonds is 5. The Hall–Kier alpha value is -3.41. The number of aromatic amines is 2. The van der Waals surface area contributed by atoms with Crippen LogP contribution in [0.15, 0.2) is 70.3 Å². The Labute approximate surface area is 168 Å². The minimum absolute atomic E-state index is 0.0292. The predicted octanol–water partition coefficient (Wildman–Crippen LogP) is 2.36. The van der Waals surface area contributed by atoms with Gasteiger partial charge >= 0.3 is 5.69 Å². The van der Waals surface area contributed by atoms with Crippen LogP contribution in [0.4, 0.5) is 0 Å². The molecule has 4 rings (SSSR count). The molecule has 1 unspecified atom stereocenters. The molecule has 1 aromatic heterocycles. The molecule has 6 heteroatoms. The third kappa shape index (κ3) is 4.37. The zero-order chi connectivity index (χ0) is 20.2. The van der Waals surface area contributed by atoms with E-state index in [-0.39, 0.29) is 23.9 Å². The number of nitrogens with zero attached hydrogens (tertiary/aromatic N) is 1. The molecule has 29 heavy (non-hydrogen) atoms. The lowest BCUT2D eigenvalue weighted by molar-refractivity contribution is -0.132. The molecule has 6 nitrogen and oxygen atoms in total. The van der Waals surface area contributed by atoms with Crippen molar-refractivity contribution in [2.75, 3.05) is 6.54 Å². The highest BCUT2D eigenvalue weighted by Gasteiger charge is 2.26. The Morgan fingerprint density at radius 3 is 2.38 bits per heavy atom. The smallest absolute Gasteiger partial charge is 0.325 e. The fourth-order valence-corrected chi connectivity index (χ4v) is 3.96. The number of nitrogens with one attached hydrogen (secondary N) is 2. The number of H-pyrrole nitrogens is 2. The van der Waals surface area contributed by atoms with Gasteiger partial charge in [0, 0.05) is 24.2 Å². The summed E-state index contributed by atoms with van der Waals surface area (Å²) in [5, 5.41) is 0. The van der Waals surface area contributed by atoms with Crippen LogP contribution in [-0.2, 0) is 24.2 Å². The van der Waals surface area contributed by atoms with E-state index in [9.17, 15) is 14.4 Å². The first-order valence-electron chi connectivity index (χ1n) is 9.81. The number of carbonyl (C=O) groups is 1. The van der Waals surface area contributed by atoms with E-state index in [1.807, 2.05) is 36.4 Å². The van der Waals surface area contributed by atoms with E-state index in [0.717, 1.165) is 12.0 Å². The first kappa shape index (κ1) is 18.9. The molecule has 148 valence electrons. The van der Waals surface area contributed by atoms with Crippen molar-refractivity contribution < 1.29 is 4.79 Å². The van der Waals surface area contributed by atoms with Crippen LogP contribution in [0, 0.1) is 0 Å². The van der Waals surface area contributed by atoms with E-state index in [0.29, 0.717) is 30.6 Å². The minimum Gasteiger partial charge on any atom is -0.337 e. The van der Waals surface area contributed by atoms with E-state index in [1.165, 1.54) is 5.56 Å². The zero-order valence-corrected chi connectivity index (χ0v) is 16.1. The van der Waals surface area contributed by atoms with Crippen LogP contribution < -0.4 is 11.2 Å². The van der Waals surface area contributed by atoms with Crippen LogP contribution in [-0.4, -0.2) is 27.3 Å². The van der Waals surface area contributed by atoms with Crippen LogP contribution >= 0.6 is 0 Å². The molecule has 0 saturated carbocycles. The number of hydrogen-bond acceptors (Lipinski definition) is 3. The van der Waals surface area contributed by atoms with Gasteiger partial charge in [-0.25, -0.2) is 4.79 Å². The molecule has 1 atom stereocenters. The third-order valence-corrected chi connectivity index (χ3v) is 5.48. The Kier molecular flexibility index (Phi) is 5.42. The number of hydrogen-bond donors (Lipinski definition) is 2. The summed E-state index contributed by atoms with van der Waals surface area (Å²) in [6.45, 7) is 0.744. The van der Waals surface area contributed by atoms with Gasteiger partial charge in [-0.15, -0.1) is 0 Å². The zero-order valence-electron chi connectivity index (χ0n) is 16.1. The molecule has 0 saturated heterocycles. The Balaban J connectivity index is 1.53. The lowest BCUT2D eigenvalue weighted by Gasteiger charge is -2.29. The Morgan fingerprint density at radius 2 is 1.66 bits per heavy atom. The van der Waals surface area contributed by atoms with Gasteiger partial charge in [0.05, 0.1) is 6.54 Å². The maximum atomic E-state index is 13.1. The predicted molar refractivity (Wildman–Crippen MR) is 111 cm³/mol.